The van der Waals surface area contributed by atoms with Gasteiger partial charge in [0.1, 0.15) is 12.3 Å². The van der Waals surface area contributed by atoms with E-state index < -0.39 is 11.4 Å². The van der Waals surface area contributed by atoms with Crippen LogP contribution in [0.1, 0.15) is 55.3 Å². The Bertz CT molecular complexity index is 1290. The molecule has 2 bridgehead atoms. The van der Waals surface area contributed by atoms with Gasteiger partial charge in [-0.05, 0) is 79.7 Å². The number of aromatic nitrogens is 2. The molecule has 4 aliphatic rings. The Morgan fingerprint density at radius 1 is 1.20 bits per heavy atom. The number of nitrogens with zero attached hydrogens (tertiary/aromatic N) is 3. The Kier molecular flexibility index (Phi) is 5.66. The zero-order valence-electron chi connectivity index (χ0n) is 19.5. The first-order valence-electron chi connectivity index (χ1n) is 12.2. The van der Waals surface area contributed by atoms with Crippen LogP contribution in [0.15, 0.2) is 29.8 Å². The zero-order valence-corrected chi connectivity index (χ0v) is 21.0. The van der Waals surface area contributed by atoms with Gasteiger partial charge in [-0.25, -0.2) is 4.98 Å². The van der Waals surface area contributed by atoms with Crippen LogP contribution in [-0.2, 0) is 33.8 Å². The summed E-state index contributed by atoms with van der Waals surface area (Å²) in [5.74, 6) is -0.686. The van der Waals surface area contributed by atoms with Crippen LogP contribution in [0.2, 0.25) is 4.34 Å². The number of aliphatic carboxylic acids is 1. The standard InChI is InChI=1S/C26H28ClN3O4S/c27-21-12-17(16-35-21)13-30-20-14-29(11-3-18(20)19-2-1-10-28-23(19)30)22(31)15-34-26-7-4-25(5-8-26,6-9-26)24(32)33/h1-2,10,12,16H,3-9,11,13-15H2,(H,32,33). The fourth-order valence-corrected chi connectivity index (χ4v) is 7.15. The lowest BCUT2D eigenvalue weighted by atomic mass is 9.58. The molecule has 0 aromatic carbocycles. The minimum Gasteiger partial charge on any atom is -0.481 e. The van der Waals surface area contributed by atoms with Crippen molar-refractivity contribution < 1.29 is 19.4 Å². The number of fused-ring (bicyclic) bond motifs is 6. The number of rotatable bonds is 6. The molecule has 3 aromatic rings. The zero-order chi connectivity index (χ0) is 24.2. The Morgan fingerprint density at radius 2 is 1.97 bits per heavy atom. The molecule has 1 amide bonds. The van der Waals surface area contributed by atoms with Crippen molar-refractivity contribution >= 4 is 45.8 Å². The van der Waals surface area contributed by atoms with Crippen molar-refractivity contribution in [2.75, 3.05) is 13.2 Å². The molecule has 3 saturated carbocycles. The molecular formula is C26H28ClN3O4S. The number of hydrogen-bond acceptors (Lipinski definition) is 5. The summed E-state index contributed by atoms with van der Waals surface area (Å²) in [5, 5.41) is 12.8. The Morgan fingerprint density at radius 3 is 2.66 bits per heavy atom. The molecule has 3 aromatic heterocycles. The average Bonchev–Trinajstić information content (AvgIpc) is 3.44. The van der Waals surface area contributed by atoms with Gasteiger partial charge in [0, 0.05) is 23.8 Å². The monoisotopic (exact) mass is 513 g/mol. The van der Waals surface area contributed by atoms with Crippen molar-refractivity contribution in [3.05, 3.63) is 50.9 Å². The molecule has 4 heterocycles. The number of ether oxygens (including phenoxy) is 1. The topological polar surface area (TPSA) is 84.7 Å². The van der Waals surface area contributed by atoms with Gasteiger partial charge in [-0.1, -0.05) is 11.6 Å². The summed E-state index contributed by atoms with van der Waals surface area (Å²) < 4.78 is 9.24. The smallest absolute Gasteiger partial charge is 0.309 e. The van der Waals surface area contributed by atoms with E-state index >= 15 is 0 Å². The highest BCUT2D eigenvalue weighted by molar-refractivity contribution is 7.14. The molecule has 1 aliphatic heterocycles. The molecule has 7 rings (SSSR count). The van der Waals surface area contributed by atoms with E-state index in [4.69, 9.17) is 16.3 Å². The molecule has 7 nitrogen and oxygen atoms in total. The van der Waals surface area contributed by atoms with Crippen LogP contribution in [0.25, 0.3) is 11.0 Å². The number of pyridine rings is 1. The first-order valence-corrected chi connectivity index (χ1v) is 13.5. The molecule has 0 spiro atoms. The number of amides is 1. The van der Waals surface area contributed by atoms with E-state index in [1.54, 1.807) is 0 Å². The minimum atomic E-state index is -0.680. The number of carbonyl (C=O) groups excluding carboxylic acids is 1. The minimum absolute atomic E-state index is 0.00554. The van der Waals surface area contributed by atoms with Crippen molar-refractivity contribution in [2.45, 2.75) is 63.6 Å². The lowest BCUT2D eigenvalue weighted by Crippen LogP contribution is -2.52. The molecular weight excluding hydrogens is 486 g/mol. The quantitative estimate of drug-likeness (QED) is 0.508. The van der Waals surface area contributed by atoms with Gasteiger partial charge in [0.15, 0.2) is 0 Å². The van der Waals surface area contributed by atoms with E-state index in [1.807, 2.05) is 23.2 Å². The predicted molar refractivity (Wildman–Crippen MR) is 134 cm³/mol. The summed E-state index contributed by atoms with van der Waals surface area (Å²) in [7, 11) is 0. The largest absolute Gasteiger partial charge is 0.481 e. The Balaban J connectivity index is 1.18. The summed E-state index contributed by atoms with van der Waals surface area (Å²) in [6.45, 7) is 1.90. The van der Waals surface area contributed by atoms with Crippen LogP contribution in [0.5, 0.6) is 0 Å². The third kappa shape index (κ3) is 3.96. The van der Waals surface area contributed by atoms with Crippen molar-refractivity contribution in [1.82, 2.24) is 14.5 Å². The number of carboxylic acids is 1. The number of hydrogen-bond donors (Lipinski definition) is 1. The Hall–Kier alpha value is -2.42. The van der Waals surface area contributed by atoms with Crippen molar-refractivity contribution in [2.24, 2.45) is 5.41 Å². The maximum absolute atomic E-state index is 13.2. The van der Waals surface area contributed by atoms with Crippen LogP contribution in [0, 0.1) is 5.41 Å². The second kappa shape index (κ2) is 8.61. The first-order chi connectivity index (χ1) is 16.9. The molecule has 35 heavy (non-hydrogen) atoms. The van der Waals surface area contributed by atoms with Crippen molar-refractivity contribution in [3.63, 3.8) is 0 Å². The first kappa shape index (κ1) is 23.0. The Labute approximate surface area is 212 Å². The molecule has 0 saturated heterocycles. The lowest BCUT2D eigenvalue weighted by molar-refractivity contribution is -0.178. The molecule has 184 valence electrons. The van der Waals surface area contributed by atoms with Crippen molar-refractivity contribution in [3.8, 4) is 0 Å². The molecule has 0 radical (unpaired) electrons. The van der Waals surface area contributed by atoms with Gasteiger partial charge >= 0.3 is 5.97 Å². The average molecular weight is 514 g/mol. The maximum Gasteiger partial charge on any atom is 0.309 e. The highest BCUT2D eigenvalue weighted by Crippen LogP contribution is 2.54. The summed E-state index contributed by atoms with van der Waals surface area (Å²) >= 11 is 7.69. The number of thiophene rings is 1. The third-order valence-electron chi connectivity index (χ3n) is 8.46. The van der Waals surface area contributed by atoms with Gasteiger partial charge in [0.05, 0.1) is 28.4 Å². The summed E-state index contributed by atoms with van der Waals surface area (Å²) in [4.78, 5) is 31.5. The second-order valence-corrected chi connectivity index (χ2v) is 11.8. The highest BCUT2D eigenvalue weighted by atomic mass is 35.5. The lowest BCUT2D eigenvalue weighted by Gasteiger charge is -2.50. The van der Waals surface area contributed by atoms with E-state index in [0.29, 0.717) is 38.9 Å². The van der Waals surface area contributed by atoms with Crippen LogP contribution < -0.4 is 0 Å². The number of carbonyl (C=O) groups is 2. The van der Waals surface area contributed by atoms with Crippen LogP contribution in [0.3, 0.4) is 0 Å². The van der Waals surface area contributed by atoms with Crippen molar-refractivity contribution in [1.29, 1.82) is 0 Å². The number of carboxylic acid groups (broad SMARTS) is 1. The summed E-state index contributed by atoms with van der Waals surface area (Å²) in [6.07, 6.45) is 6.69. The summed E-state index contributed by atoms with van der Waals surface area (Å²) in [6, 6.07) is 6.06. The van der Waals surface area contributed by atoms with E-state index in [2.05, 4.69) is 21.0 Å². The van der Waals surface area contributed by atoms with Crippen LogP contribution in [0.4, 0.5) is 0 Å². The molecule has 9 heteroatoms. The van der Waals surface area contributed by atoms with Gasteiger partial charge in [0.25, 0.3) is 0 Å². The van der Waals surface area contributed by atoms with Crippen LogP contribution in [-0.4, -0.2) is 50.2 Å². The van der Waals surface area contributed by atoms with E-state index in [-0.39, 0.29) is 18.1 Å². The molecule has 3 fully saturated rings. The summed E-state index contributed by atoms with van der Waals surface area (Å²) in [5.41, 5.74) is 3.54. The molecule has 3 aliphatic carbocycles. The van der Waals surface area contributed by atoms with Gasteiger partial charge in [-0.3, -0.25) is 9.59 Å². The van der Waals surface area contributed by atoms with Gasteiger partial charge in [-0.2, -0.15) is 0 Å². The molecule has 0 unspecified atom stereocenters. The number of halogens is 1. The van der Waals surface area contributed by atoms with Gasteiger partial charge < -0.3 is 19.3 Å². The molecule has 1 N–H and O–H groups in total. The second-order valence-electron chi connectivity index (χ2n) is 10.3. The maximum atomic E-state index is 13.2. The van der Waals surface area contributed by atoms with Gasteiger partial charge in [0.2, 0.25) is 5.91 Å². The highest BCUT2D eigenvalue weighted by Gasteiger charge is 2.53. The van der Waals surface area contributed by atoms with E-state index in [0.717, 1.165) is 52.3 Å². The predicted octanol–water partition coefficient (Wildman–Crippen LogP) is 4.88. The normalized spacial score (nSPS) is 25.7. The van der Waals surface area contributed by atoms with Gasteiger partial charge in [-0.15, -0.1) is 11.3 Å². The van der Waals surface area contributed by atoms with E-state index in [9.17, 15) is 14.7 Å². The third-order valence-corrected chi connectivity index (χ3v) is 9.60. The fraction of sp³-hybridized carbons (Fsp3) is 0.500. The fourth-order valence-electron chi connectivity index (χ4n) is 6.25. The van der Waals surface area contributed by atoms with Crippen LogP contribution >= 0.6 is 22.9 Å². The molecule has 0 atom stereocenters. The SMILES string of the molecule is O=C(COC12CCC(C(=O)O)(CC1)CC2)N1CCc2c(n(Cc3csc(Cl)c3)c3ncccc23)C1. The van der Waals surface area contributed by atoms with E-state index in [1.165, 1.54) is 16.9 Å².